The lowest BCUT2D eigenvalue weighted by Crippen LogP contribution is -2.52. The van der Waals surface area contributed by atoms with Gasteiger partial charge in [-0.25, -0.2) is 4.98 Å². The van der Waals surface area contributed by atoms with Crippen molar-refractivity contribution in [3.63, 3.8) is 0 Å². The third-order valence-corrected chi connectivity index (χ3v) is 7.87. The van der Waals surface area contributed by atoms with Crippen LogP contribution in [0.1, 0.15) is 77.7 Å². The molecule has 1 aromatic heterocycles. The van der Waals surface area contributed by atoms with Crippen LogP contribution in [0.4, 0.5) is 5.69 Å². The molecule has 0 aliphatic carbocycles. The highest BCUT2D eigenvalue weighted by Gasteiger charge is 2.42. The van der Waals surface area contributed by atoms with Crippen molar-refractivity contribution in [2.45, 2.75) is 73.3 Å². The summed E-state index contributed by atoms with van der Waals surface area (Å²) in [6, 6.07) is 4.42. The highest BCUT2D eigenvalue weighted by molar-refractivity contribution is 5.92. The van der Waals surface area contributed by atoms with Crippen LogP contribution in [0.25, 0.3) is 0 Å². The molecule has 2 rings (SSSR count). The zero-order valence-electron chi connectivity index (χ0n) is 19.7. The van der Waals surface area contributed by atoms with E-state index >= 15 is 0 Å². The minimum Gasteiger partial charge on any atom is -0.368 e. The Hall–Kier alpha value is -1.62. The molecule has 0 spiro atoms. The van der Waals surface area contributed by atoms with Gasteiger partial charge in [-0.3, -0.25) is 9.69 Å². The topological polar surface area (TPSA) is 48.5 Å². The SMILES string of the molecule is CCC(C)(C)C(CC)(CC)CC(C)N1CCN(c2ccc(C(=O)NC)nc2)CC1. The van der Waals surface area contributed by atoms with Gasteiger partial charge < -0.3 is 10.2 Å². The lowest BCUT2D eigenvalue weighted by atomic mass is 9.58. The van der Waals surface area contributed by atoms with Crippen LogP contribution in [0.2, 0.25) is 0 Å². The number of rotatable bonds is 9. The summed E-state index contributed by atoms with van der Waals surface area (Å²) in [7, 11) is 1.63. The molecule has 1 amide bonds. The summed E-state index contributed by atoms with van der Waals surface area (Å²) in [5, 5.41) is 2.62. The standard InChI is InChI=1S/C24H42N4O/c1-8-23(5,6)24(9-2,10-3)17-19(4)27-13-15-28(16-14-27)20-11-12-21(26-18-20)22(29)25-7/h11-12,18-19H,8-10,13-17H2,1-7H3,(H,25,29). The molecule has 1 aromatic rings. The third-order valence-electron chi connectivity index (χ3n) is 7.87. The van der Waals surface area contributed by atoms with Gasteiger partial charge in [-0.15, -0.1) is 0 Å². The Morgan fingerprint density at radius 2 is 1.72 bits per heavy atom. The number of hydrogen-bond acceptors (Lipinski definition) is 4. The van der Waals surface area contributed by atoms with Crippen molar-refractivity contribution < 1.29 is 4.79 Å². The Bertz CT molecular complexity index is 643. The normalized spacial score (nSPS) is 17.3. The average Bonchev–Trinajstić information content (AvgIpc) is 2.76. The van der Waals surface area contributed by atoms with Gasteiger partial charge in [0.25, 0.3) is 5.91 Å². The van der Waals surface area contributed by atoms with Crippen LogP contribution in [-0.2, 0) is 0 Å². The molecule has 0 saturated carbocycles. The summed E-state index contributed by atoms with van der Waals surface area (Å²) in [6.45, 7) is 18.6. The van der Waals surface area contributed by atoms with Gasteiger partial charge in [0.1, 0.15) is 5.69 Å². The van der Waals surface area contributed by atoms with Gasteiger partial charge >= 0.3 is 0 Å². The first-order valence-electron chi connectivity index (χ1n) is 11.4. The number of aromatic nitrogens is 1. The Balaban J connectivity index is 1.98. The number of amides is 1. The van der Waals surface area contributed by atoms with Crippen LogP contribution >= 0.6 is 0 Å². The lowest BCUT2D eigenvalue weighted by Gasteiger charge is -2.50. The van der Waals surface area contributed by atoms with Crippen LogP contribution in [0.15, 0.2) is 18.3 Å². The number of nitrogens with one attached hydrogen (secondary N) is 1. The third kappa shape index (κ3) is 5.11. The van der Waals surface area contributed by atoms with Gasteiger partial charge in [0.2, 0.25) is 0 Å². The average molecular weight is 403 g/mol. The molecule has 5 heteroatoms. The van der Waals surface area contributed by atoms with Crippen molar-refractivity contribution in [2.24, 2.45) is 10.8 Å². The number of carbonyl (C=O) groups excluding carboxylic acids is 1. The van der Waals surface area contributed by atoms with Crippen molar-refractivity contribution in [1.29, 1.82) is 0 Å². The van der Waals surface area contributed by atoms with E-state index in [-0.39, 0.29) is 5.91 Å². The van der Waals surface area contributed by atoms with Crippen molar-refractivity contribution in [3.8, 4) is 0 Å². The summed E-state index contributed by atoms with van der Waals surface area (Å²) in [4.78, 5) is 21.0. The van der Waals surface area contributed by atoms with Gasteiger partial charge in [-0.2, -0.15) is 0 Å². The van der Waals surface area contributed by atoms with E-state index in [1.165, 1.54) is 25.7 Å². The Morgan fingerprint density at radius 3 is 2.17 bits per heavy atom. The number of hydrogen-bond donors (Lipinski definition) is 1. The molecule has 1 unspecified atom stereocenters. The molecular formula is C24H42N4O. The van der Waals surface area contributed by atoms with Crippen molar-refractivity contribution in [1.82, 2.24) is 15.2 Å². The molecule has 1 aliphatic heterocycles. The molecule has 0 radical (unpaired) electrons. The molecule has 1 fully saturated rings. The Kier molecular flexibility index (Phi) is 8.10. The Labute approximate surface area is 178 Å². The fraction of sp³-hybridized carbons (Fsp3) is 0.750. The summed E-state index contributed by atoms with van der Waals surface area (Å²) in [5.41, 5.74) is 2.34. The number of piperazine rings is 1. The molecule has 2 heterocycles. The van der Waals surface area contributed by atoms with Crippen molar-refractivity contribution >= 4 is 11.6 Å². The second-order valence-corrected chi connectivity index (χ2v) is 9.28. The van der Waals surface area contributed by atoms with E-state index in [9.17, 15) is 4.79 Å². The minimum atomic E-state index is -0.138. The van der Waals surface area contributed by atoms with Gasteiger partial charge in [-0.1, -0.05) is 41.0 Å². The first-order chi connectivity index (χ1) is 13.7. The largest absolute Gasteiger partial charge is 0.368 e. The first-order valence-corrected chi connectivity index (χ1v) is 11.4. The van der Waals surface area contributed by atoms with Crippen LogP contribution in [0.5, 0.6) is 0 Å². The number of anilines is 1. The molecule has 1 aliphatic rings. The van der Waals surface area contributed by atoms with Gasteiger partial charge in [0.05, 0.1) is 11.9 Å². The lowest BCUT2D eigenvalue weighted by molar-refractivity contribution is 0.0116. The zero-order valence-corrected chi connectivity index (χ0v) is 19.7. The first kappa shape index (κ1) is 23.7. The maximum absolute atomic E-state index is 11.7. The molecular weight excluding hydrogens is 360 g/mol. The van der Waals surface area contributed by atoms with Crippen LogP contribution < -0.4 is 10.2 Å². The zero-order chi connectivity index (χ0) is 21.7. The second kappa shape index (κ2) is 9.92. The van der Waals surface area contributed by atoms with Gasteiger partial charge in [0, 0.05) is 39.3 Å². The highest BCUT2D eigenvalue weighted by atomic mass is 16.1. The molecule has 0 aromatic carbocycles. The molecule has 1 N–H and O–H groups in total. The van der Waals surface area contributed by atoms with E-state index in [2.05, 4.69) is 61.6 Å². The van der Waals surface area contributed by atoms with E-state index in [4.69, 9.17) is 0 Å². The van der Waals surface area contributed by atoms with Crippen LogP contribution in [0.3, 0.4) is 0 Å². The van der Waals surface area contributed by atoms with E-state index in [1.807, 2.05) is 18.3 Å². The van der Waals surface area contributed by atoms with E-state index in [0.29, 0.717) is 22.6 Å². The maximum atomic E-state index is 11.7. The van der Waals surface area contributed by atoms with Crippen molar-refractivity contribution in [2.75, 3.05) is 38.1 Å². The van der Waals surface area contributed by atoms with E-state index in [1.54, 1.807) is 7.05 Å². The van der Waals surface area contributed by atoms with E-state index in [0.717, 1.165) is 31.9 Å². The Morgan fingerprint density at radius 1 is 1.10 bits per heavy atom. The summed E-state index contributed by atoms with van der Waals surface area (Å²) < 4.78 is 0. The predicted octanol–water partition coefficient (Wildman–Crippen LogP) is 4.58. The maximum Gasteiger partial charge on any atom is 0.269 e. The van der Waals surface area contributed by atoms with Gasteiger partial charge in [0.15, 0.2) is 0 Å². The summed E-state index contributed by atoms with van der Waals surface area (Å²) >= 11 is 0. The highest BCUT2D eigenvalue weighted by Crippen LogP contribution is 2.50. The van der Waals surface area contributed by atoms with Crippen molar-refractivity contribution in [3.05, 3.63) is 24.0 Å². The van der Waals surface area contributed by atoms with Gasteiger partial charge in [-0.05, 0) is 49.1 Å². The van der Waals surface area contributed by atoms with E-state index < -0.39 is 0 Å². The monoisotopic (exact) mass is 402 g/mol. The summed E-state index contributed by atoms with van der Waals surface area (Å²) in [5.74, 6) is -0.138. The summed E-state index contributed by atoms with van der Waals surface area (Å²) in [6.07, 6.45) is 6.82. The number of nitrogens with zero attached hydrogens (tertiary/aromatic N) is 3. The molecule has 1 atom stereocenters. The molecule has 164 valence electrons. The predicted molar refractivity (Wildman–Crippen MR) is 123 cm³/mol. The molecule has 0 bridgehead atoms. The smallest absolute Gasteiger partial charge is 0.269 e. The van der Waals surface area contributed by atoms with Crippen LogP contribution in [0, 0.1) is 10.8 Å². The second-order valence-electron chi connectivity index (χ2n) is 9.28. The fourth-order valence-corrected chi connectivity index (χ4v) is 5.10. The molecule has 1 saturated heterocycles. The molecule has 29 heavy (non-hydrogen) atoms. The van der Waals surface area contributed by atoms with Crippen LogP contribution in [-0.4, -0.2) is 55.1 Å². The quantitative estimate of drug-likeness (QED) is 0.656. The number of carbonyl (C=O) groups is 1. The number of pyridine rings is 1. The molecule has 5 nitrogen and oxygen atoms in total. The fourth-order valence-electron chi connectivity index (χ4n) is 5.10. The minimum absolute atomic E-state index is 0.138.